The summed E-state index contributed by atoms with van der Waals surface area (Å²) in [6.45, 7) is 3.43. The summed E-state index contributed by atoms with van der Waals surface area (Å²) in [5, 5.41) is 0. The first-order valence-electron chi connectivity index (χ1n) is 5.04. The fourth-order valence-electron chi connectivity index (χ4n) is 1.42. The second-order valence-electron chi connectivity index (χ2n) is 3.24. The highest BCUT2D eigenvalue weighted by atomic mass is 79.9. The fraction of sp³-hybridized carbons (Fsp3) is 0.273. The van der Waals surface area contributed by atoms with Gasteiger partial charge in [-0.25, -0.2) is 4.98 Å². The Morgan fingerprint density at radius 3 is 3.00 bits per heavy atom. The molecule has 0 aromatic carbocycles. The summed E-state index contributed by atoms with van der Waals surface area (Å²) < 4.78 is 8.49. The minimum atomic E-state index is 0.498. The molecule has 0 bridgehead atoms. The molecule has 2 rings (SSSR count). The molecule has 0 aliphatic carbocycles. The number of hydrogen-bond donors (Lipinski definition) is 0. The van der Waals surface area contributed by atoms with Crippen molar-refractivity contribution < 1.29 is 4.74 Å². The van der Waals surface area contributed by atoms with Crippen molar-refractivity contribution in [1.29, 1.82) is 0 Å². The molecule has 0 aliphatic heterocycles. The summed E-state index contributed by atoms with van der Waals surface area (Å²) >= 11 is 3.39. The zero-order valence-corrected chi connectivity index (χ0v) is 10.5. The van der Waals surface area contributed by atoms with Gasteiger partial charge in [0.25, 0.3) is 0 Å². The van der Waals surface area contributed by atoms with Crippen LogP contribution in [0.5, 0.6) is 5.75 Å². The molecule has 5 heteroatoms. The summed E-state index contributed by atoms with van der Waals surface area (Å²) in [7, 11) is 0. The van der Waals surface area contributed by atoms with Crippen LogP contribution in [0.4, 0.5) is 0 Å². The van der Waals surface area contributed by atoms with Crippen LogP contribution in [0.3, 0.4) is 0 Å². The lowest BCUT2D eigenvalue weighted by atomic mass is 10.4. The second-order valence-corrected chi connectivity index (χ2v) is 3.95. The van der Waals surface area contributed by atoms with Crippen LogP contribution in [-0.4, -0.2) is 14.5 Å². The monoisotopic (exact) mass is 281 g/mol. The van der Waals surface area contributed by atoms with Gasteiger partial charge in [-0.15, -0.1) is 0 Å². The van der Waals surface area contributed by atoms with Gasteiger partial charge in [-0.3, -0.25) is 4.98 Å². The number of aromatic nitrogens is 3. The number of rotatable bonds is 4. The van der Waals surface area contributed by atoms with Crippen molar-refractivity contribution >= 4 is 15.9 Å². The summed E-state index contributed by atoms with van der Waals surface area (Å²) in [6, 6.07) is 3.73. The third-order valence-electron chi connectivity index (χ3n) is 2.23. The second kappa shape index (κ2) is 5.12. The van der Waals surface area contributed by atoms with Gasteiger partial charge < -0.3 is 9.30 Å². The van der Waals surface area contributed by atoms with E-state index in [0.717, 1.165) is 22.7 Å². The number of imidazole rings is 1. The number of halogens is 1. The largest absolute Gasteiger partial charge is 0.486 e. The van der Waals surface area contributed by atoms with Crippen LogP contribution in [0.2, 0.25) is 0 Å². The van der Waals surface area contributed by atoms with Crippen molar-refractivity contribution in [3.05, 3.63) is 41.2 Å². The molecule has 0 radical (unpaired) electrons. The molecule has 0 spiro atoms. The van der Waals surface area contributed by atoms with Crippen molar-refractivity contribution in [2.24, 2.45) is 0 Å². The normalized spacial score (nSPS) is 10.4. The molecule has 16 heavy (non-hydrogen) atoms. The smallest absolute Gasteiger partial charge is 0.177 e. The molecule has 84 valence electrons. The quantitative estimate of drug-likeness (QED) is 0.865. The lowest BCUT2D eigenvalue weighted by Crippen LogP contribution is -2.04. The lowest BCUT2D eigenvalue weighted by molar-refractivity contribution is 0.294. The van der Waals surface area contributed by atoms with Crippen molar-refractivity contribution in [1.82, 2.24) is 14.5 Å². The van der Waals surface area contributed by atoms with Gasteiger partial charge in [0.15, 0.2) is 4.73 Å². The first-order valence-corrected chi connectivity index (χ1v) is 5.83. The van der Waals surface area contributed by atoms with Crippen LogP contribution in [0, 0.1) is 0 Å². The van der Waals surface area contributed by atoms with E-state index in [1.165, 1.54) is 0 Å². The van der Waals surface area contributed by atoms with E-state index in [1.54, 1.807) is 12.4 Å². The summed E-state index contributed by atoms with van der Waals surface area (Å²) in [6.07, 6.45) is 5.23. The highest BCUT2D eigenvalue weighted by Gasteiger charge is 2.06. The molecular formula is C11H12BrN3O. The van der Waals surface area contributed by atoms with Gasteiger partial charge in [-0.1, -0.05) is 0 Å². The molecule has 4 nitrogen and oxygen atoms in total. The Hall–Kier alpha value is -1.36. The van der Waals surface area contributed by atoms with Gasteiger partial charge in [-0.05, 0) is 35.0 Å². The predicted octanol–water partition coefficient (Wildman–Crippen LogP) is 2.64. The number of ether oxygens (including phenoxy) is 1. The SMILES string of the molecule is CCn1c(COc2cccnc2)cnc1Br. The zero-order chi connectivity index (χ0) is 11.4. The van der Waals surface area contributed by atoms with Crippen molar-refractivity contribution in [3.8, 4) is 5.75 Å². The molecule has 2 aromatic heterocycles. The first-order chi connectivity index (χ1) is 7.81. The Labute approximate surface area is 102 Å². The van der Waals surface area contributed by atoms with E-state index >= 15 is 0 Å². The zero-order valence-electron chi connectivity index (χ0n) is 8.93. The van der Waals surface area contributed by atoms with Crippen molar-refractivity contribution in [2.45, 2.75) is 20.1 Å². The third kappa shape index (κ3) is 2.41. The van der Waals surface area contributed by atoms with Crippen molar-refractivity contribution in [2.75, 3.05) is 0 Å². The number of pyridine rings is 1. The standard InChI is InChI=1S/C11H12BrN3O/c1-2-15-9(6-14-11(15)12)8-16-10-4-3-5-13-7-10/h3-7H,2,8H2,1H3. The van der Waals surface area contributed by atoms with Crippen LogP contribution in [0.15, 0.2) is 35.5 Å². The minimum absolute atomic E-state index is 0.498. The Bertz CT molecular complexity index is 456. The molecule has 0 unspecified atom stereocenters. The van der Waals surface area contributed by atoms with Gasteiger partial charge in [0, 0.05) is 12.7 Å². The van der Waals surface area contributed by atoms with E-state index in [1.807, 2.05) is 18.3 Å². The molecule has 2 aromatic rings. The van der Waals surface area contributed by atoms with Crippen LogP contribution in [0.25, 0.3) is 0 Å². The van der Waals surface area contributed by atoms with Gasteiger partial charge in [0.2, 0.25) is 0 Å². The molecule has 0 saturated heterocycles. The molecular weight excluding hydrogens is 270 g/mol. The van der Waals surface area contributed by atoms with Crippen LogP contribution in [-0.2, 0) is 13.2 Å². The van der Waals surface area contributed by atoms with Gasteiger partial charge in [-0.2, -0.15) is 0 Å². The average Bonchev–Trinajstić information content (AvgIpc) is 2.68. The Morgan fingerprint density at radius 2 is 2.31 bits per heavy atom. The van der Waals surface area contributed by atoms with E-state index < -0.39 is 0 Å². The van der Waals surface area contributed by atoms with Gasteiger partial charge >= 0.3 is 0 Å². The number of nitrogens with zero attached hydrogens (tertiary/aromatic N) is 3. The maximum absolute atomic E-state index is 5.60. The average molecular weight is 282 g/mol. The van der Waals surface area contributed by atoms with Gasteiger partial charge in [0.1, 0.15) is 12.4 Å². The Kier molecular flexibility index (Phi) is 3.56. The Balaban J connectivity index is 2.05. The van der Waals surface area contributed by atoms with E-state index in [0.29, 0.717) is 6.61 Å². The van der Waals surface area contributed by atoms with E-state index in [2.05, 4.69) is 37.4 Å². The minimum Gasteiger partial charge on any atom is -0.486 e. The maximum atomic E-state index is 5.60. The predicted molar refractivity (Wildman–Crippen MR) is 64.2 cm³/mol. The summed E-state index contributed by atoms with van der Waals surface area (Å²) in [4.78, 5) is 8.17. The first kappa shape index (κ1) is 11.1. The molecule has 0 N–H and O–H groups in total. The third-order valence-corrected chi connectivity index (χ3v) is 2.86. The molecule has 0 saturated carbocycles. The van der Waals surface area contributed by atoms with Crippen molar-refractivity contribution in [3.63, 3.8) is 0 Å². The van der Waals surface area contributed by atoms with Gasteiger partial charge in [0.05, 0.1) is 18.1 Å². The van der Waals surface area contributed by atoms with E-state index in [4.69, 9.17) is 4.74 Å². The molecule has 0 fully saturated rings. The van der Waals surface area contributed by atoms with Crippen LogP contribution < -0.4 is 4.74 Å². The highest BCUT2D eigenvalue weighted by molar-refractivity contribution is 9.10. The van der Waals surface area contributed by atoms with E-state index in [9.17, 15) is 0 Å². The summed E-state index contributed by atoms with van der Waals surface area (Å²) in [5.41, 5.74) is 1.04. The topological polar surface area (TPSA) is 39.9 Å². The summed E-state index contributed by atoms with van der Waals surface area (Å²) in [5.74, 6) is 0.766. The molecule has 2 heterocycles. The number of hydrogen-bond acceptors (Lipinski definition) is 3. The van der Waals surface area contributed by atoms with Crippen LogP contribution in [0.1, 0.15) is 12.6 Å². The van der Waals surface area contributed by atoms with E-state index in [-0.39, 0.29) is 0 Å². The molecule has 0 amide bonds. The molecule has 0 aliphatic rings. The molecule has 0 atom stereocenters. The highest BCUT2D eigenvalue weighted by Crippen LogP contribution is 2.14. The lowest BCUT2D eigenvalue weighted by Gasteiger charge is -2.08. The Morgan fingerprint density at radius 1 is 1.44 bits per heavy atom. The van der Waals surface area contributed by atoms with Crippen LogP contribution >= 0.6 is 15.9 Å². The fourth-order valence-corrected chi connectivity index (χ4v) is 2.01. The maximum Gasteiger partial charge on any atom is 0.177 e.